The normalized spacial score (nSPS) is 23.6. The van der Waals surface area contributed by atoms with Crippen LogP contribution in [0.2, 0.25) is 0 Å². The molecule has 5 aliphatic rings. The van der Waals surface area contributed by atoms with E-state index in [1.54, 1.807) is 17.0 Å². The minimum atomic E-state index is -4.56. The first-order chi connectivity index (χ1) is 26.5. The Morgan fingerprint density at radius 2 is 1.51 bits per heavy atom. The van der Waals surface area contributed by atoms with Gasteiger partial charge in [-0.3, -0.25) is 24.6 Å². The molecule has 0 aromatic heterocycles. The lowest BCUT2D eigenvalue weighted by molar-refractivity contribution is -0.138. The van der Waals surface area contributed by atoms with Crippen molar-refractivity contribution in [1.29, 1.82) is 5.26 Å². The van der Waals surface area contributed by atoms with Crippen LogP contribution in [-0.4, -0.2) is 86.0 Å². The number of hydrogen-bond acceptors (Lipinski definition) is 8. The van der Waals surface area contributed by atoms with Gasteiger partial charge in [-0.15, -0.1) is 0 Å². The van der Waals surface area contributed by atoms with Gasteiger partial charge in [0.05, 0.1) is 23.8 Å². The smallest absolute Gasteiger partial charge is 0.417 e. The van der Waals surface area contributed by atoms with Crippen molar-refractivity contribution in [2.75, 3.05) is 62.2 Å². The Hall–Kier alpha value is -5.09. The summed E-state index contributed by atoms with van der Waals surface area (Å²) in [6.07, 6.45) is 0.0281. The van der Waals surface area contributed by atoms with Crippen LogP contribution in [-0.2, 0) is 22.3 Å². The van der Waals surface area contributed by atoms with E-state index in [0.717, 1.165) is 81.5 Å². The number of carbonyl (C=O) groups is 3. The number of imide groups is 1. The van der Waals surface area contributed by atoms with Crippen LogP contribution in [0.25, 0.3) is 0 Å². The van der Waals surface area contributed by atoms with Crippen molar-refractivity contribution >= 4 is 29.1 Å². The Bertz CT molecular complexity index is 1980. The molecule has 288 valence electrons. The van der Waals surface area contributed by atoms with Gasteiger partial charge in [-0.25, -0.2) is 0 Å². The Morgan fingerprint density at radius 3 is 2.20 bits per heavy atom. The van der Waals surface area contributed by atoms with Crippen LogP contribution in [0.15, 0.2) is 60.7 Å². The molecule has 4 fully saturated rings. The fourth-order valence-corrected chi connectivity index (χ4v) is 9.05. The minimum Gasteiger partial charge on any atom is -0.493 e. The van der Waals surface area contributed by atoms with Crippen LogP contribution >= 0.6 is 0 Å². The number of nitriles is 1. The fourth-order valence-electron chi connectivity index (χ4n) is 9.05. The number of nitrogens with zero attached hydrogens (tertiary/aromatic N) is 5. The molecule has 0 radical (unpaired) electrons. The van der Waals surface area contributed by atoms with Gasteiger partial charge < -0.3 is 19.4 Å². The molecule has 13 heteroatoms. The van der Waals surface area contributed by atoms with Gasteiger partial charge in [0, 0.05) is 75.7 Å². The highest BCUT2D eigenvalue weighted by Crippen LogP contribution is 2.38. The molecule has 10 nitrogen and oxygen atoms in total. The topological polar surface area (TPSA) is 109 Å². The number of halogens is 3. The number of rotatable bonds is 9. The molecule has 3 aromatic carbocycles. The van der Waals surface area contributed by atoms with Gasteiger partial charge >= 0.3 is 6.18 Å². The highest BCUT2D eigenvalue weighted by atomic mass is 19.4. The van der Waals surface area contributed by atoms with Crippen LogP contribution < -0.4 is 19.9 Å². The number of fused-ring (bicyclic) bond motifs is 1. The molecule has 8 rings (SSSR count). The number of nitrogens with one attached hydrogen (secondary N) is 1. The molecule has 4 aliphatic heterocycles. The number of alkyl halides is 3. The first kappa shape index (κ1) is 36.9. The van der Waals surface area contributed by atoms with Gasteiger partial charge in [-0.05, 0) is 110 Å². The van der Waals surface area contributed by atoms with E-state index in [2.05, 4.69) is 33.3 Å². The first-order valence-corrected chi connectivity index (χ1v) is 19.4. The van der Waals surface area contributed by atoms with Gasteiger partial charge in [-0.2, -0.15) is 18.4 Å². The molecule has 1 saturated carbocycles. The number of amides is 3. The van der Waals surface area contributed by atoms with E-state index in [9.17, 15) is 27.6 Å². The largest absolute Gasteiger partial charge is 0.493 e. The Kier molecular flexibility index (Phi) is 10.2. The molecule has 1 atom stereocenters. The highest BCUT2D eigenvalue weighted by Gasteiger charge is 2.40. The second kappa shape index (κ2) is 15.2. The van der Waals surface area contributed by atoms with Gasteiger partial charge in [0.1, 0.15) is 11.8 Å². The first-order valence-electron chi connectivity index (χ1n) is 19.4. The van der Waals surface area contributed by atoms with Crippen molar-refractivity contribution in [3.63, 3.8) is 0 Å². The van der Waals surface area contributed by atoms with Crippen LogP contribution in [0.4, 0.5) is 24.5 Å². The van der Waals surface area contributed by atoms with Crippen LogP contribution in [0.3, 0.4) is 0 Å². The van der Waals surface area contributed by atoms with Crippen molar-refractivity contribution in [3.8, 4) is 11.8 Å². The van der Waals surface area contributed by atoms with Crippen molar-refractivity contribution in [2.45, 2.75) is 63.2 Å². The second-order valence-electron chi connectivity index (χ2n) is 15.7. The quantitative estimate of drug-likeness (QED) is 0.267. The zero-order chi connectivity index (χ0) is 38.3. The predicted octanol–water partition coefficient (Wildman–Crippen LogP) is 5.95. The number of benzene rings is 3. The lowest BCUT2D eigenvalue weighted by Gasteiger charge is -2.42. The minimum absolute atomic E-state index is 0.146. The molecule has 3 amide bonds. The van der Waals surface area contributed by atoms with Crippen molar-refractivity contribution < 1.29 is 32.3 Å². The van der Waals surface area contributed by atoms with Gasteiger partial charge in [-0.1, -0.05) is 12.1 Å². The molecule has 1 N–H and O–H groups in total. The zero-order valence-electron chi connectivity index (χ0n) is 30.7. The number of hydrogen-bond donors (Lipinski definition) is 1. The summed E-state index contributed by atoms with van der Waals surface area (Å²) in [5.41, 5.74) is 3.16. The third kappa shape index (κ3) is 7.87. The average molecular weight is 755 g/mol. The zero-order valence-corrected chi connectivity index (χ0v) is 30.7. The number of anilines is 2. The third-order valence-electron chi connectivity index (χ3n) is 12.2. The molecular formula is C42H45F3N6O4. The second-order valence-corrected chi connectivity index (χ2v) is 15.7. The fraction of sp³-hybridized carbons (Fsp3) is 0.476. The Labute approximate surface area is 318 Å². The molecule has 4 heterocycles. The summed E-state index contributed by atoms with van der Waals surface area (Å²) in [6.45, 7) is 7.27. The number of carbonyl (C=O) groups excluding carboxylic acids is 3. The molecule has 55 heavy (non-hydrogen) atoms. The van der Waals surface area contributed by atoms with Gasteiger partial charge in [0.2, 0.25) is 11.8 Å². The molecule has 1 aliphatic carbocycles. The summed E-state index contributed by atoms with van der Waals surface area (Å²) in [6, 6.07) is 19.3. The number of piperazine rings is 1. The highest BCUT2D eigenvalue weighted by molar-refractivity contribution is 6.05. The summed E-state index contributed by atoms with van der Waals surface area (Å²) in [7, 11) is 0. The molecule has 3 aromatic rings. The molecule has 1 unspecified atom stereocenters. The summed E-state index contributed by atoms with van der Waals surface area (Å²) >= 11 is 0. The van der Waals surface area contributed by atoms with Crippen LogP contribution in [0.5, 0.6) is 5.75 Å². The monoisotopic (exact) mass is 754 g/mol. The van der Waals surface area contributed by atoms with Crippen molar-refractivity contribution in [3.05, 3.63) is 88.5 Å². The van der Waals surface area contributed by atoms with Gasteiger partial charge in [0.15, 0.2) is 0 Å². The molecular weight excluding hydrogens is 709 g/mol. The van der Waals surface area contributed by atoms with E-state index < -0.39 is 23.7 Å². The summed E-state index contributed by atoms with van der Waals surface area (Å²) in [5, 5.41) is 11.5. The summed E-state index contributed by atoms with van der Waals surface area (Å²) < 4.78 is 46.6. The SMILES string of the molecule is N#Cc1ccc(N2CCC(c3ccc(OCC4CC(CN5CCN(c6ccc7c(c6)CN(C6CCC(=O)NC6=O)C7=O)CC5)C4)cc3)CC2)cc1C(F)(F)F. The third-order valence-corrected chi connectivity index (χ3v) is 12.2. The number of piperidine rings is 2. The average Bonchev–Trinajstić information content (AvgIpc) is 3.50. The van der Waals surface area contributed by atoms with Crippen molar-refractivity contribution in [2.24, 2.45) is 11.8 Å². The maximum Gasteiger partial charge on any atom is 0.417 e. The van der Waals surface area contributed by atoms with E-state index in [1.807, 2.05) is 29.2 Å². The number of ether oxygens (including phenoxy) is 1. The Morgan fingerprint density at radius 1 is 0.818 bits per heavy atom. The predicted molar refractivity (Wildman–Crippen MR) is 200 cm³/mol. The van der Waals surface area contributed by atoms with Crippen molar-refractivity contribution in [1.82, 2.24) is 15.1 Å². The van der Waals surface area contributed by atoms with E-state index in [1.165, 1.54) is 11.6 Å². The molecule has 0 bridgehead atoms. The van der Waals surface area contributed by atoms with Gasteiger partial charge in [0.25, 0.3) is 5.91 Å². The lowest BCUT2D eigenvalue weighted by atomic mass is 9.75. The van der Waals surface area contributed by atoms with E-state index in [0.29, 0.717) is 61.7 Å². The maximum absolute atomic E-state index is 13.5. The standard InChI is InChI=1S/C42H45F3N6O4/c43-42(44,45)37-22-34(4-1-31(37)23-46)49-13-11-30(12-14-49)29-2-6-35(7-3-29)55-26-28-19-27(20-28)24-48-15-17-50(18-16-48)33-5-8-36-32(21-33)25-51(41(36)54)38-9-10-39(52)47-40(38)53/h1-8,21-22,27-28,30,38H,9-20,24-26H2,(H,47,52,53). The van der Waals surface area contributed by atoms with E-state index >= 15 is 0 Å². The summed E-state index contributed by atoms with van der Waals surface area (Å²) in [5.74, 6) is 1.58. The lowest BCUT2D eigenvalue weighted by Crippen LogP contribution is -2.52. The van der Waals surface area contributed by atoms with Crippen LogP contribution in [0, 0.1) is 23.2 Å². The molecule has 0 spiro atoms. The molecule has 3 saturated heterocycles. The Balaban J connectivity index is 0.737. The van der Waals surface area contributed by atoms with E-state index in [4.69, 9.17) is 10.00 Å². The summed E-state index contributed by atoms with van der Waals surface area (Å²) in [4.78, 5) is 45.6. The maximum atomic E-state index is 13.5. The van der Waals surface area contributed by atoms with Crippen LogP contribution in [0.1, 0.15) is 77.1 Å². The van der Waals surface area contributed by atoms with E-state index in [-0.39, 0.29) is 23.8 Å².